The first-order valence-corrected chi connectivity index (χ1v) is 12.7. The van der Waals surface area contributed by atoms with Gasteiger partial charge >= 0.3 is 0 Å². The van der Waals surface area contributed by atoms with Gasteiger partial charge in [0.15, 0.2) is 0 Å². The molecule has 0 aromatic carbocycles. The fraction of sp³-hybridized carbons (Fsp3) is 0.444. The Morgan fingerprint density at radius 1 is 0.595 bits per heavy atom. The highest BCUT2D eigenvalue weighted by atomic mass is 16.4. The van der Waals surface area contributed by atoms with Crippen LogP contribution >= 0.6 is 0 Å². The first-order chi connectivity index (χ1) is 19.6. The average Bonchev–Trinajstić information content (AvgIpc) is 2.80. The Morgan fingerprint density at radius 2 is 0.929 bits per heavy atom. The second-order valence-corrected chi connectivity index (χ2v) is 9.93. The first kappa shape index (κ1) is 33.7. The number of carboxylic acid groups (broad SMARTS) is 5. The van der Waals surface area contributed by atoms with E-state index in [-0.39, 0.29) is 26.2 Å². The topological polar surface area (TPSA) is 236 Å². The number of nitrogens with zero attached hydrogens (tertiary/aromatic N) is 5. The molecule has 0 aliphatic heterocycles. The van der Waals surface area contributed by atoms with Crippen LogP contribution in [0.2, 0.25) is 0 Å². The maximum atomic E-state index is 11.5. The molecule has 2 heterocycles. The number of aromatic nitrogens is 2. The Morgan fingerprint density at radius 3 is 1.29 bits per heavy atom. The molecule has 0 aliphatic rings. The molecule has 0 aliphatic carbocycles. The molecule has 0 saturated heterocycles. The zero-order chi connectivity index (χ0) is 31.6. The van der Waals surface area contributed by atoms with Gasteiger partial charge < -0.3 is 49.5 Å². The molecule has 2 aromatic rings. The van der Waals surface area contributed by atoms with Crippen molar-refractivity contribution < 1.29 is 49.5 Å². The summed E-state index contributed by atoms with van der Waals surface area (Å²) < 4.78 is 0. The minimum Gasteiger partial charge on any atom is -0.549 e. The lowest BCUT2D eigenvalue weighted by Gasteiger charge is -2.30. The first-order valence-electron chi connectivity index (χ1n) is 12.7. The maximum absolute atomic E-state index is 11.5. The van der Waals surface area contributed by atoms with Crippen molar-refractivity contribution in [1.29, 1.82) is 0 Å². The number of carbonyl (C=O) groups is 5. The van der Waals surface area contributed by atoms with Gasteiger partial charge in [-0.05, 0) is 56.2 Å². The summed E-state index contributed by atoms with van der Waals surface area (Å²) in [6.45, 7) is 1.90. The zero-order valence-electron chi connectivity index (χ0n) is 23.4. The summed E-state index contributed by atoms with van der Waals surface area (Å²) >= 11 is 0. The smallest absolute Gasteiger partial charge is 0.0584 e. The molecule has 0 N–H and O–H groups in total. The van der Waals surface area contributed by atoms with E-state index in [4.69, 9.17) is 0 Å². The van der Waals surface area contributed by atoms with Crippen molar-refractivity contribution in [2.45, 2.75) is 53.0 Å². The zero-order valence-corrected chi connectivity index (χ0v) is 23.4. The van der Waals surface area contributed by atoms with Crippen LogP contribution in [0.4, 0.5) is 0 Å². The average molecular weight is 585 g/mol. The quantitative estimate of drug-likeness (QED) is 0.158. The van der Waals surface area contributed by atoms with Crippen molar-refractivity contribution in [2.75, 3.05) is 26.2 Å². The molecule has 1 atom stereocenters. The van der Waals surface area contributed by atoms with E-state index in [1.54, 1.807) is 38.1 Å². The SMILES string of the molecule is Cc1cc(CN(CC(=O)[O-])CC(=O)[O-])nc(CN(CC(=O)[O-])Cc2cc(C)cc(CN(CC(=O)[O-])C(C)C(=O)[O-])n2)c1. The van der Waals surface area contributed by atoms with Gasteiger partial charge in [-0.3, -0.25) is 24.7 Å². The highest BCUT2D eigenvalue weighted by Crippen LogP contribution is 2.15. The molecule has 15 nitrogen and oxygen atoms in total. The van der Waals surface area contributed by atoms with E-state index in [2.05, 4.69) is 9.97 Å². The van der Waals surface area contributed by atoms with Crippen LogP contribution < -0.4 is 25.5 Å². The van der Waals surface area contributed by atoms with Crippen LogP contribution in [0.1, 0.15) is 40.8 Å². The summed E-state index contributed by atoms with van der Waals surface area (Å²) in [6.07, 6.45) is 0. The number of rotatable bonds is 18. The normalized spacial score (nSPS) is 12.0. The summed E-state index contributed by atoms with van der Waals surface area (Å²) in [7, 11) is 0. The van der Waals surface area contributed by atoms with Gasteiger partial charge in [0, 0.05) is 58.4 Å². The molecule has 15 heteroatoms. The third kappa shape index (κ3) is 12.0. The van der Waals surface area contributed by atoms with Crippen LogP contribution in [0, 0.1) is 13.8 Å². The summed E-state index contributed by atoms with van der Waals surface area (Å²) in [4.78, 5) is 68.7. The lowest BCUT2D eigenvalue weighted by Crippen LogP contribution is -2.50. The standard InChI is InChI=1S/C27H35N5O10/c1-16-4-19(28-21(5-16)10-31(13-24(35)36)14-25(37)38)8-30(12-23(33)34)9-20-6-17(2)7-22(29-20)11-32(15-26(39)40)18(3)27(41)42/h4-7,18H,8-15H2,1-3H3,(H,33,34)(H,35,36)(H,37,38)(H,39,40)(H,41,42)/p-5. The number of carboxylic acids is 5. The van der Waals surface area contributed by atoms with Crippen molar-refractivity contribution in [2.24, 2.45) is 0 Å². The third-order valence-corrected chi connectivity index (χ3v) is 5.95. The molecule has 1 unspecified atom stereocenters. The molecule has 0 spiro atoms. The van der Waals surface area contributed by atoms with Gasteiger partial charge in [-0.1, -0.05) is 0 Å². The summed E-state index contributed by atoms with van der Waals surface area (Å²) in [5.41, 5.74) is 2.90. The van der Waals surface area contributed by atoms with Gasteiger partial charge in [-0.2, -0.15) is 0 Å². The second kappa shape index (κ2) is 15.5. The van der Waals surface area contributed by atoms with E-state index >= 15 is 0 Å². The van der Waals surface area contributed by atoms with Crippen molar-refractivity contribution in [1.82, 2.24) is 24.7 Å². The van der Waals surface area contributed by atoms with E-state index in [0.29, 0.717) is 33.9 Å². The summed E-state index contributed by atoms with van der Waals surface area (Å²) in [5.74, 6) is -7.30. The van der Waals surface area contributed by atoms with Gasteiger partial charge in [0.1, 0.15) is 0 Å². The molecule has 2 aromatic heterocycles. The predicted molar refractivity (Wildman–Crippen MR) is 132 cm³/mol. The van der Waals surface area contributed by atoms with Crippen LogP contribution in [-0.4, -0.2) is 86.7 Å². The van der Waals surface area contributed by atoms with Crippen LogP contribution in [0.5, 0.6) is 0 Å². The van der Waals surface area contributed by atoms with Crippen molar-refractivity contribution in [3.63, 3.8) is 0 Å². The largest absolute Gasteiger partial charge is 0.549 e. The number of aryl methyl sites for hydroxylation is 2. The molecule has 0 fully saturated rings. The minimum absolute atomic E-state index is 0.00683. The van der Waals surface area contributed by atoms with Crippen LogP contribution in [0.3, 0.4) is 0 Å². The van der Waals surface area contributed by atoms with Gasteiger partial charge in [-0.15, -0.1) is 0 Å². The lowest BCUT2D eigenvalue weighted by molar-refractivity contribution is -0.316. The molecular weight excluding hydrogens is 554 g/mol. The van der Waals surface area contributed by atoms with Crippen LogP contribution in [-0.2, 0) is 50.2 Å². The van der Waals surface area contributed by atoms with Gasteiger partial charge in [0.05, 0.1) is 52.6 Å². The number of carbonyl (C=O) groups excluding carboxylic acids is 5. The summed E-state index contributed by atoms with van der Waals surface area (Å²) in [6, 6.07) is 5.38. The van der Waals surface area contributed by atoms with Crippen molar-refractivity contribution >= 4 is 29.8 Å². The molecule has 0 saturated carbocycles. The Kier molecular flexibility index (Phi) is 12.5. The molecule has 0 bridgehead atoms. The Hall–Kier alpha value is -4.47. The van der Waals surface area contributed by atoms with E-state index in [0.717, 1.165) is 9.80 Å². The number of pyridine rings is 2. The molecule has 228 valence electrons. The highest BCUT2D eigenvalue weighted by Gasteiger charge is 2.18. The monoisotopic (exact) mass is 584 g/mol. The van der Waals surface area contributed by atoms with E-state index in [9.17, 15) is 49.5 Å². The lowest BCUT2D eigenvalue weighted by atomic mass is 10.1. The highest BCUT2D eigenvalue weighted by molar-refractivity contribution is 5.73. The van der Waals surface area contributed by atoms with Gasteiger partial charge in [-0.25, -0.2) is 0 Å². The van der Waals surface area contributed by atoms with E-state index < -0.39 is 62.1 Å². The van der Waals surface area contributed by atoms with Crippen LogP contribution in [0.25, 0.3) is 0 Å². The second-order valence-electron chi connectivity index (χ2n) is 9.93. The fourth-order valence-corrected chi connectivity index (χ4v) is 4.38. The maximum Gasteiger partial charge on any atom is 0.0584 e. The minimum atomic E-state index is -1.48. The third-order valence-electron chi connectivity index (χ3n) is 5.95. The Bertz CT molecular complexity index is 1300. The van der Waals surface area contributed by atoms with Crippen molar-refractivity contribution in [3.8, 4) is 0 Å². The molecule has 42 heavy (non-hydrogen) atoms. The van der Waals surface area contributed by atoms with Crippen molar-refractivity contribution in [3.05, 3.63) is 58.2 Å². The predicted octanol–water partition coefficient (Wildman–Crippen LogP) is -6.16. The fourth-order valence-electron chi connectivity index (χ4n) is 4.38. The van der Waals surface area contributed by atoms with E-state index in [1.165, 1.54) is 11.8 Å². The summed E-state index contributed by atoms with van der Waals surface area (Å²) in [5, 5.41) is 56.1. The molecule has 2 rings (SSSR count). The molecular formula is C27H30N5O10-5. The molecule has 0 amide bonds. The van der Waals surface area contributed by atoms with Crippen LogP contribution in [0.15, 0.2) is 24.3 Å². The van der Waals surface area contributed by atoms with Gasteiger partial charge in [0.2, 0.25) is 0 Å². The van der Waals surface area contributed by atoms with Gasteiger partial charge in [0.25, 0.3) is 0 Å². The molecule has 0 radical (unpaired) electrons. The Labute approximate surface area is 241 Å². The number of hydrogen-bond acceptors (Lipinski definition) is 15. The Balaban J connectivity index is 2.31. The number of hydrogen-bond donors (Lipinski definition) is 0. The van der Waals surface area contributed by atoms with E-state index in [1.807, 2.05) is 0 Å². The number of aliphatic carboxylic acids is 5.